The molecule has 0 unspecified atom stereocenters. The lowest BCUT2D eigenvalue weighted by atomic mass is 10.4. The maximum Gasteiger partial charge on any atom is 0.515 e. The smallest absolute Gasteiger partial charge is 0.391 e. The lowest BCUT2D eigenvalue weighted by Gasteiger charge is -2.61. The zero-order chi connectivity index (χ0) is 56.0. The van der Waals surface area contributed by atoms with Gasteiger partial charge in [0.1, 0.15) is 0 Å². The molecule has 420 valence electrons. The topological polar surface area (TPSA) is 129 Å². The fraction of sp³-hybridized carbons (Fsp3) is 0.143. The van der Waals surface area contributed by atoms with Crippen LogP contribution in [0.2, 0.25) is 25.2 Å². The molecule has 0 N–H and O–H groups in total. The molecule has 14 rings (SSSR count). The van der Waals surface area contributed by atoms with Crippen molar-refractivity contribution in [1.82, 2.24) is 0 Å². The van der Waals surface area contributed by atoms with Crippen molar-refractivity contribution >= 4 is 152 Å². The third-order valence-electron chi connectivity index (χ3n) is 14.6. The Labute approximate surface area is 498 Å². The molecule has 8 bridgehead atoms. The first kappa shape index (κ1) is 57.0. The Hall–Kier alpha value is -4.05. The van der Waals surface area contributed by atoms with E-state index in [2.05, 4.69) is 0 Å². The largest absolute Gasteiger partial charge is 0.515 e. The molecule has 82 heavy (non-hydrogen) atoms. The quantitative estimate of drug-likeness (QED) is 0.0873. The fourth-order valence-electron chi connectivity index (χ4n) is 11.0. The highest BCUT2D eigenvalue weighted by atomic mass is 35.5. The molecular formula is C56H58Cl2O14Si10. The normalized spacial score (nSPS) is 34.2. The first-order chi connectivity index (χ1) is 39.9. The summed E-state index contributed by atoms with van der Waals surface area (Å²) in [5.41, 5.74) is 0. The summed E-state index contributed by atoms with van der Waals surface area (Å²) in [6.07, 6.45) is 0.921. The van der Waals surface area contributed by atoms with E-state index >= 15 is 0 Å². The Kier molecular flexibility index (Phi) is 15.8. The van der Waals surface area contributed by atoms with Gasteiger partial charge in [0.25, 0.3) is 0 Å². The van der Waals surface area contributed by atoms with Crippen LogP contribution in [0, 0.1) is 0 Å². The maximum atomic E-state index is 8.50. The van der Waals surface area contributed by atoms with Crippen molar-refractivity contribution in [2.24, 2.45) is 0 Å². The summed E-state index contributed by atoms with van der Waals surface area (Å²) in [6, 6.07) is 78.0. The second kappa shape index (κ2) is 22.7. The van der Waals surface area contributed by atoms with Gasteiger partial charge in [-0.2, -0.15) is 0 Å². The van der Waals surface area contributed by atoms with Crippen molar-refractivity contribution in [3.05, 3.63) is 243 Å². The predicted octanol–water partition coefficient (Wildman–Crippen LogP) is 6.46. The van der Waals surface area contributed by atoms with E-state index in [1.54, 1.807) is 0 Å². The molecule has 26 heteroatoms. The van der Waals surface area contributed by atoms with Crippen LogP contribution in [0.15, 0.2) is 243 Å². The van der Waals surface area contributed by atoms with Gasteiger partial charge in [0, 0.05) is 53.3 Å². The molecular weight excluding hydrogens is 1250 g/mol. The monoisotopic (exact) mass is 1300 g/mol. The number of halogens is 2. The van der Waals surface area contributed by atoms with Gasteiger partial charge in [0.05, 0.1) is 0 Å². The minimum Gasteiger partial charge on any atom is -0.391 e. The van der Waals surface area contributed by atoms with E-state index in [4.69, 9.17) is 80.8 Å². The number of rotatable bonds is 14. The molecule has 6 aliphatic rings. The first-order valence-corrected chi connectivity index (χ1v) is 47.2. The molecule has 6 heterocycles. The number of alkyl halides is 2. The van der Waals surface area contributed by atoms with Crippen LogP contribution in [0.1, 0.15) is 12.8 Å². The highest BCUT2D eigenvalue weighted by Crippen LogP contribution is 2.48. The summed E-state index contributed by atoms with van der Waals surface area (Å²) in [6.45, 7) is 4.01. The Bertz CT molecular complexity index is 3000. The van der Waals surface area contributed by atoms with E-state index in [9.17, 15) is 0 Å². The third-order valence-corrected chi connectivity index (χ3v) is 58.7. The summed E-state index contributed by atoms with van der Waals surface area (Å²) in [5.74, 6) is 0.550. The summed E-state index contributed by atoms with van der Waals surface area (Å²) in [4.78, 5) is 0. The van der Waals surface area contributed by atoms with Crippen LogP contribution in [-0.2, 0) is 57.6 Å². The van der Waals surface area contributed by atoms with Crippen molar-refractivity contribution < 1.29 is 57.6 Å². The molecule has 0 amide bonds. The molecule has 0 spiro atoms. The van der Waals surface area contributed by atoms with Gasteiger partial charge < -0.3 is 57.6 Å². The van der Waals surface area contributed by atoms with E-state index < -0.39 is 87.6 Å². The zero-order valence-corrected chi connectivity index (χ0v) is 56.3. The second-order valence-corrected chi connectivity index (χ2v) is 51.9. The second-order valence-electron chi connectivity index (χ2n) is 20.7. The Morgan fingerprint density at radius 3 is 0.488 bits per heavy atom. The van der Waals surface area contributed by atoms with Crippen LogP contribution in [0.5, 0.6) is 0 Å². The molecule has 6 fully saturated rings. The Morgan fingerprint density at radius 2 is 0.354 bits per heavy atom. The molecule has 8 aromatic rings. The van der Waals surface area contributed by atoms with E-state index in [-0.39, 0.29) is 11.8 Å². The molecule has 0 aliphatic carbocycles. The average molecular weight is 1310 g/mol. The van der Waals surface area contributed by atoms with Crippen molar-refractivity contribution in [2.75, 3.05) is 11.8 Å². The number of fused-ring (bicyclic) bond motifs is 4. The van der Waals surface area contributed by atoms with E-state index in [0.717, 1.165) is 0 Å². The number of hydrogen-bond acceptors (Lipinski definition) is 14. The summed E-state index contributed by atoms with van der Waals surface area (Å²) >= 11 is 13.6. The van der Waals surface area contributed by atoms with E-state index in [0.29, 0.717) is 66.4 Å². The Balaban J connectivity index is 1.32. The molecule has 0 radical (unpaired) electrons. The van der Waals surface area contributed by atoms with Crippen LogP contribution in [0.25, 0.3) is 0 Å². The van der Waals surface area contributed by atoms with Crippen molar-refractivity contribution in [1.29, 1.82) is 0 Å². The van der Waals surface area contributed by atoms with Gasteiger partial charge in [-0.15, -0.1) is 23.2 Å². The van der Waals surface area contributed by atoms with Gasteiger partial charge in [-0.3, -0.25) is 0 Å². The Morgan fingerprint density at radius 1 is 0.220 bits per heavy atom. The van der Waals surface area contributed by atoms with E-state index in [1.807, 2.05) is 256 Å². The SMILES string of the molecule is C[Si]1(CCCCl)O[Si]2(c3ccccc3)O[Si]3(c4ccccc4)O[Si]4(c5ccccc5)O[Si](C)(CCCCl)O[Si]5(c6ccccc6)O[Si](c6ccccc6)(O[Si](c6ccccc6)(O1)O[Si](c1ccccc1)(O5)O[Si](c1ccccc1)(O2)O4)O3. The van der Waals surface area contributed by atoms with Crippen molar-refractivity contribution in [2.45, 2.75) is 38.0 Å². The summed E-state index contributed by atoms with van der Waals surface area (Å²) in [7, 11) is -48.6. The molecule has 6 aliphatic heterocycles. The minimum atomic E-state index is -5.15. The highest BCUT2D eigenvalue weighted by molar-refractivity contribution is 7.12. The van der Waals surface area contributed by atoms with Gasteiger partial charge in [-0.25, -0.2) is 0 Å². The molecule has 0 aromatic heterocycles. The number of benzene rings is 8. The average Bonchev–Trinajstić information content (AvgIpc) is 0.918. The summed E-state index contributed by atoms with van der Waals surface area (Å²) < 4.78 is 118. The van der Waals surface area contributed by atoms with E-state index in [1.165, 1.54) is 0 Å². The predicted molar refractivity (Wildman–Crippen MR) is 333 cm³/mol. The van der Waals surface area contributed by atoms with Gasteiger partial charge in [-0.1, -0.05) is 243 Å². The molecule has 8 aromatic carbocycles. The van der Waals surface area contributed by atoms with Crippen LogP contribution in [0.4, 0.5) is 0 Å². The lowest BCUT2D eigenvalue weighted by molar-refractivity contribution is 0.0253. The lowest BCUT2D eigenvalue weighted by Crippen LogP contribution is -2.93. The van der Waals surface area contributed by atoms with Crippen LogP contribution in [-0.4, -0.2) is 99.3 Å². The van der Waals surface area contributed by atoms with Crippen molar-refractivity contribution in [3.63, 3.8) is 0 Å². The fourth-order valence-corrected chi connectivity index (χ4v) is 68.4. The molecule has 0 saturated carbocycles. The third kappa shape index (κ3) is 10.5. The molecule has 14 nitrogen and oxygen atoms in total. The zero-order valence-electron chi connectivity index (χ0n) is 44.8. The molecule has 6 saturated heterocycles. The van der Waals surface area contributed by atoms with Crippen LogP contribution in [0.3, 0.4) is 0 Å². The van der Waals surface area contributed by atoms with Gasteiger partial charge >= 0.3 is 87.6 Å². The number of hydrogen-bond donors (Lipinski definition) is 0. The van der Waals surface area contributed by atoms with Crippen LogP contribution >= 0.6 is 23.2 Å². The van der Waals surface area contributed by atoms with Crippen molar-refractivity contribution in [3.8, 4) is 0 Å². The van der Waals surface area contributed by atoms with Gasteiger partial charge in [0.15, 0.2) is 0 Å². The van der Waals surface area contributed by atoms with Gasteiger partial charge in [-0.05, 0) is 38.0 Å². The first-order valence-electron chi connectivity index (χ1n) is 27.2. The maximum absolute atomic E-state index is 8.50. The van der Waals surface area contributed by atoms with Gasteiger partial charge in [0.2, 0.25) is 0 Å². The highest BCUT2D eigenvalue weighted by Gasteiger charge is 2.83. The van der Waals surface area contributed by atoms with Crippen LogP contribution < -0.4 is 41.5 Å². The molecule has 0 atom stereocenters. The summed E-state index contributed by atoms with van der Waals surface area (Å²) in [5, 5.41) is 4.22. The minimum absolute atomic E-state index is 0.275. The standard InChI is InChI=1S/C56H58Cl2O14Si10/c1-73(47-27-45-57)59-75(49-29-11-3-12-30-49)63-79(53-37-19-7-20-38-53)67-77(51-33-15-5-16-34-51)61-74(2,48-28-46-58)62-78(52-35-17-6-18-36-52)69-81(71-79,55-41-23-9-24-42-55)65-76(60-73,50-31-13-4-14-32-50)66-82(70-78,56-43-25-10-26-44-56)72-80(64-75,68-77)54-39-21-8-22-40-54/h3-26,29-44H,27-28,45-48H2,1-2H3.